The molecule has 7 nitrogen and oxygen atoms in total. The van der Waals surface area contributed by atoms with Gasteiger partial charge in [0.25, 0.3) is 0 Å². The van der Waals surface area contributed by atoms with Crippen molar-refractivity contribution in [2.75, 3.05) is 31.5 Å². The van der Waals surface area contributed by atoms with Gasteiger partial charge in [-0.25, -0.2) is 0 Å². The molecule has 1 atom stereocenters. The Labute approximate surface area is 168 Å². The number of carbonyl (C=O) groups is 2. The molecule has 7 heteroatoms. The predicted octanol–water partition coefficient (Wildman–Crippen LogP) is 3.30. The Kier molecular flexibility index (Phi) is 5.14. The molecule has 29 heavy (non-hydrogen) atoms. The molecule has 2 heterocycles. The first kappa shape index (κ1) is 18.9. The van der Waals surface area contributed by atoms with Crippen molar-refractivity contribution in [3.8, 4) is 5.75 Å². The quantitative estimate of drug-likeness (QED) is 0.697. The number of fused-ring (bicyclic) bond motifs is 2. The molecule has 148 valence electrons. The number of rotatable bonds is 5. The minimum Gasteiger partial charge on any atom is -0.495 e. The minimum atomic E-state index is -0.301. The molecule has 4 rings (SSSR count). The second-order valence-electron chi connectivity index (χ2n) is 6.84. The zero-order chi connectivity index (χ0) is 20.4. The highest BCUT2D eigenvalue weighted by molar-refractivity contribution is 5.99. The van der Waals surface area contributed by atoms with E-state index in [4.69, 9.17) is 9.47 Å². The molecule has 2 aromatic carbocycles. The number of nitrogens with one attached hydrogen (secondary N) is 2. The number of carbonyl (C=O) groups excluding carboxylic acids is 2. The monoisotopic (exact) mass is 391 g/mol. The van der Waals surface area contributed by atoms with Gasteiger partial charge in [0.2, 0.25) is 11.8 Å². The van der Waals surface area contributed by atoms with Crippen molar-refractivity contribution in [1.29, 1.82) is 0 Å². The van der Waals surface area contributed by atoms with Crippen LogP contribution in [0.4, 0.5) is 11.4 Å². The number of anilines is 2. The fraction of sp³-hybridized carbons (Fsp3) is 0.227. The molecule has 3 aromatic rings. The van der Waals surface area contributed by atoms with Gasteiger partial charge < -0.3 is 20.1 Å². The molecule has 1 aliphatic rings. The highest BCUT2D eigenvalue weighted by Gasteiger charge is 2.29. The van der Waals surface area contributed by atoms with Crippen LogP contribution in [-0.4, -0.2) is 37.6 Å². The third-order valence-electron chi connectivity index (χ3n) is 5.02. The Morgan fingerprint density at radius 2 is 2.03 bits per heavy atom. The number of aromatic nitrogens is 1. The molecule has 0 saturated carbocycles. The first-order valence-electron chi connectivity index (χ1n) is 9.25. The Hall–Kier alpha value is -3.45. The standard InChI is InChI=1S/C22H21N3O4/c1-28-12-22(27)25-19-11-18-16(9-20(19)29-2)15(10-21(26)24-18)13-7-8-23-17-6-4-3-5-14(13)17/h3-9,11,15H,10,12H2,1-2H3,(H,24,26)(H,25,27)/t15-/m1/s1. The summed E-state index contributed by atoms with van der Waals surface area (Å²) in [7, 11) is 3.00. The molecular formula is C22H21N3O4. The van der Waals surface area contributed by atoms with Gasteiger partial charge in [-0.2, -0.15) is 0 Å². The van der Waals surface area contributed by atoms with E-state index in [1.807, 2.05) is 36.4 Å². The van der Waals surface area contributed by atoms with E-state index in [9.17, 15) is 9.59 Å². The molecule has 0 unspecified atom stereocenters. The number of methoxy groups -OCH3 is 2. The van der Waals surface area contributed by atoms with Crippen LogP contribution in [0.1, 0.15) is 23.5 Å². The third-order valence-corrected chi connectivity index (χ3v) is 5.02. The van der Waals surface area contributed by atoms with E-state index in [2.05, 4.69) is 15.6 Å². The summed E-state index contributed by atoms with van der Waals surface area (Å²) < 4.78 is 10.4. The number of benzene rings is 2. The molecule has 0 fully saturated rings. The van der Waals surface area contributed by atoms with E-state index >= 15 is 0 Å². The number of hydrogen-bond acceptors (Lipinski definition) is 5. The first-order chi connectivity index (χ1) is 14.1. The molecule has 1 aliphatic heterocycles. The van der Waals surface area contributed by atoms with Crippen LogP contribution in [-0.2, 0) is 14.3 Å². The van der Waals surface area contributed by atoms with Crippen LogP contribution in [0.5, 0.6) is 5.75 Å². The molecule has 2 amide bonds. The van der Waals surface area contributed by atoms with Crippen molar-refractivity contribution in [2.24, 2.45) is 0 Å². The zero-order valence-corrected chi connectivity index (χ0v) is 16.2. The molecule has 1 aromatic heterocycles. The van der Waals surface area contributed by atoms with E-state index in [1.54, 1.807) is 19.4 Å². The lowest BCUT2D eigenvalue weighted by molar-refractivity contribution is -0.119. The summed E-state index contributed by atoms with van der Waals surface area (Å²) in [6.45, 7) is -0.0712. The fourth-order valence-electron chi connectivity index (χ4n) is 3.77. The lowest BCUT2D eigenvalue weighted by Crippen LogP contribution is -2.24. The van der Waals surface area contributed by atoms with Gasteiger partial charge in [0.1, 0.15) is 12.4 Å². The first-order valence-corrected chi connectivity index (χ1v) is 9.25. The number of ether oxygens (including phenoxy) is 2. The van der Waals surface area contributed by atoms with Crippen molar-refractivity contribution < 1.29 is 19.1 Å². The van der Waals surface area contributed by atoms with Gasteiger partial charge in [-0.05, 0) is 35.4 Å². The summed E-state index contributed by atoms with van der Waals surface area (Å²) in [5.41, 5.74) is 3.98. The molecular weight excluding hydrogens is 370 g/mol. The maximum Gasteiger partial charge on any atom is 0.250 e. The van der Waals surface area contributed by atoms with Crippen molar-refractivity contribution in [3.05, 3.63) is 59.8 Å². The predicted molar refractivity (Wildman–Crippen MR) is 110 cm³/mol. The molecule has 2 N–H and O–H groups in total. The Balaban J connectivity index is 1.82. The molecule has 0 saturated heterocycles. The normalized spacial score (nSPS) is 15.5. The summed E-state index contributed by atoms with van der Waals surface area (Å²) >= 11 is 0. The van der Waals surface area contributed by atoms with E-state index in [1.165, 1.54) is 7.11 Å². The smallest absolute Gasteiger partial charge is 0.250 e. The van der Waals surface area contributed by atoms with Crippen molar-refractivity contribution >= 4 is 34.1 Å². The zero-order valence-electron chi connectivity index (χ0n) is 16.2. The maximum atomic E-state index is 12.5. The van der Waals surface area contributed by atoms with Crippen LogP contribution in [0.25, 0.3) is 10.9 Å². The van der Waals surface area contributed by atoms with Gasteiger partial charge in [0, 0.05) is 36.7 Å². The summed E-state index contributed by atoms with van der Waals surface area (Å²) in [6.07, 6.45) is 2.08. The van der Waals surface area contributed by atoms with Gasteiger partial charge in [0.15, 0.2) is 0 Å². The maximum absolute atomic E-state index is 12.5. The summed E-state index contributed by atoms with van der Waals surface area (Å²) in [5.74, 6) is -0.00992. The van der Waals surface area contributed by atoms with E-state index < -0.39 is 0 Å². The topological polar surface area (TPSA) is 89.6 Å². The molecule has 0 bridgehead atoms. The van der Waals surface area contributed by atoms with E-state index in [0.29, 0.717) is 23.5 Å². The van der Waals surface area contributed by atoms with Gasteiger partial charge >= 0.3 is 0 Å². The Morgan fingerprint density at radius 1 is 1.21 bits per heavy atom. The number of nitrogens with zero attached hydrogens (tertiary/aromatic N) is 1. The highest BCUT2D eigenvalue weighted by Crippen LogP contribution is 2.43. The van der Waals surface area contributed by atoms with E-state index in [0.717, 1.165) is 22.0 Å². The van der Waals surface area contributed by atoms with Crippen LogP contribution in [0.3, 0.4) is 0 Å². The van der Waals surface area contributed by atoms with Crippen molar-refractivity contribution in [1.82, 2.24) is 4.98 Å². The van der Waals surface area contributed by atoms with Crippen LogP contribution in [0, 0.1) is 0 Å². The fourth-order valence-corrected chi connectivity index (χ4v) is 3.77. The molecule has 0 spiro atoms. The van der Waals surface area contributed by atoms with Crippen LogP contribution < -0.4 is 15.4 Å². The van der Waals surface area contributed by atoms with Crippen molar-refractivity contribution in [3.63, 3.8) is 0 Å². The second-order valence-corrected chi connectivity index (χ2v) is 6.84. The lowest BCUT2D eigenvalue weighted by Gasteiger charge is -2.28. The largest absolute Gasteiger partial charge is 0.495 e. The average Bonchev–Trinajstić information content (AvgIpc) is 2.72. The molecule has 0 radical (unpaired) electrons. The van der Waals surface area contributed by atoms with E-state index in [-0.39, 0.29) is 24.3 Å². The van der Waals surface area contributed by atoms with Crippen LogP contribution >= 0.6 is 0 Å². The minimum absolute atomic E-state index is 0.0712. The number of para-hydroxylation sites is 1. The summed E-state index contributed by atoms with van der Waals surface area (Å²) in [4.78, 5) is 28.9. The van der Waals surface area contributed by atoms with Gasteiger partial charge in [-0.15, -0.1) is 0 Å². The molecule has 0 aliphatic carbocycles. The summed E-state index contributed by atoms with van der Waals surface area (Å²) in [5, 5.41) is 6.68. The highest BCUT2D eigenvalue weighted by atomic mass is 16.5. The lowest BCUT2D eigenvalue weighted by atomic mass is 9.83. The second kappa shape index (κ2) is 7.89. The van der Waals surface area contributed by atoms with Gasteiger partial charge in [-0.1, -0.05) is 18.2 Å². The Morgan fingerprint density at radius 3 is 2.83 bits per heavy atom. The van der Waals surface area contributed by atoms with Crippen molar-refractivity contribution in [2.45, 2.75) is 12.3 Å². The number of pyridine rings is 1. The van der Waals surface area contributed by atoms with Crippen LogP contribution in [0.15, 0.2) is 48.7 Å². The van der Waals surface area contributed by atoms with Gasteiger partial charge in [0.05, 0.1) is 18.3 Å². The SMILES string of the molecule is COCC(=O)Nc1cc2c(cc1OC)[C@@H](c1ccnc3ccccc13)CC(=O)N2. The third kappa shape index (κ3) is 3.64. The average molecular weight is 391 g/mol. The Bertz CT molecular complexity index is 1090. The van der Waals surface area contributed by atoms with Crippen LogP contribution in [0.2, 0.25) is 0 Å². The van der Waals surface area contributed by atoms with Gasteiger partial charge in [-0.3, -0.25) is 14.6 Å². The number of hydrogen-bond donors (Lipinski definition) is 2. The summed E-state index contributed by atoms with van der Waals surface area (Å²) in [6, 6.07) is 13.4. The number of amides is 2.